The summed E-state index contributed by atoms with van der Waals surface area (Å²) in [6.45, 7) is 0. The molecule has 0 aliphatic carbocycles. The number of aromatic nitrogens is 2. The number of hydrogen-bond donors (Lipinski definition) is 2. The highest BCUT2D eigenvalue weighted by atomic mass is 15.3. The van der Waals surface area contributed by atoms with Crippen molar-refractivity contribution in [3.8, 4) is 0 Å². The van der Waals surface area contributed by atoms with Crippen LogP contribution in [-0.2, 0) is 0 Å². The van der Waals surface area contributed by atoms with E-state index < -0.39 is 0 Å². The van der Waals surface area contributed by atoms with Gasteiger partial charge in [0.05, 0.1) is 45.0 Å². The first-order valence-corrected chi connectivity index (χ1v) is 17.5. The first-order chi connectivity index (χ1) is 24.8. The van der Waals surface area contributed by atoms with Crippen LogP contribution in [0, 0.1) is 0 Å². The largest absolute Gasteiger partial charge is 0.373 e. The van der Waals surface area contributed by atoms with Gasteiger partial charge in [0.2, 0.25) is 0 Å². The zero-order valence-electron chi connectivity index (χ0n) is 27.1. The number of fused-ring (bicyclic) bond motifs is 11. The molecule has 11 aromatic rings. The summed E-state index contributed by atoms with van der Waals surface area (Å²) in [7, 11) is 0. The Bertz CT molecular complexity index is 3170. The highest BCUT2D eigenvalue weighted by molar-refractivity contribution is 6.37. The van der Waals surface area contributed by atoms with Crippen molar-refractivity contribution in [3.63, 3.8) is 0 Å². The lowest BCUT2D eigenvalue weighted by molar-refractivity contribution is 0.506. The van der Waals surface area contributed by atoms with Crippen LogP contribution >= 0.6 is 0 Å². The Labute approximate surface area is 287 Å². The predicted octanol–water partition coefficient (Wildman–Crippen LogP) is 12.0. The number of benzene rings is 8. The van der Waals surface area contributed by atoms with Crippen molar-refractivity contribution in [1.29, 1.82) is 0 Å². The number of hydrogen-bond acceptors (Lipinski definition) is 2. The molecule has 1 aliphatic heterocycles. The number of nitrogens with zero attached hydrogens (tertiary/aromatic N) is 2. The lowest BCUT2D eigenvalue weighted by atomic mass is 9.96. The Kier molecular flexibility index (Phi) is 5.05. The van der Waals surface area contributed by atoms with Gasteiger partial charge in [0.15, 0.2) is 0 Å². The SMILES string of the molecule is c1ccc(C2Nc3ccccc3NC2n2c3cccc4c5cccc6c7c8ccccc8c8ccccc8c7n(c7cccc2c7c43)c56)cc1. The molecule has 0 spiro atoms. The molecule has 4 heterocycles. The number of para-hydroxylation sites is 3. The van der Waals surface area contributed by atoms with Crippen molar-refractivity contribution in [2.45, 2.75) is 12.2 Å². The van der Waals surface area contributed by atoms with Crippen LogP contribution in [0.15, 0.2) is 158 Å². The van der Waals surface area contributed by atoms with Crippen LogP contribution in [0.2, 0.25) is 0 Å². The lowest BCUT2D eigenvalue weighted by Gasteiger charge is -2.38. The predicted molar refractivity (Wildman–Crippen MR) is 211 cm³/mol. The summed E-state index contributed by atoms with van der Waals surface area (Å²) in [5, 5.41) is 20.9. The van der Waals surface area contributed by atoms with Crippen LogP contribution < -0.4 is 10.6 Å². The Hall–Kier alpha value is -6.52. The fourth-order valence-corrected chi connectivity index (χ4v) is 9.38. The summed E-state index contributed by atoms with van der Waals surface area (Å²) in [6.07, 6.45) is -0.0846. The second-order valence-electron chi connectivity index (χ2n) is 13.8. The van der Waals surface area contributed by atoms with Gasteiger partial charge < -0.3 is 19.6 Å². The minimum absolute atomic E-state index is 0.00172. The molecule has 4 heteroatoms. The van der Waals surface area contributed by atoms with Crippen LogP contribution in [0.5, 0.6) is 0 Å². The molecule has 2 unspecified atom stereocenters. The van der Waals surface area contributed by atoms with Gasteiger partial charge in [0.25, 0.3) is 0 Å². The molecule has 0 saturated heterocycles. The standard InChI is InChI=1S/C46H30N4/c1-2-13-27(14-3-1)43-46(48-36-23-9-8-22-35(36)47-43)49-37-24-11-19-31-33-20-10-21-34-40-30-17-6-4-15-28(30)29-16-5-7-18-32(29)45(40)50(44(33)34)39-26-12-25-38(49)42(39)41(31)37/h1-26,43,46-48H. The topological polar surface area (TPSA) is 33.4 Å². The smallest absolute Gasteiger partial charge is 0.129 e. The van der Waals surface area contributed by atoms with Crippen molar-refractivity contribution >= 4 is 92.8 Å². The monoisotopic (exact) mass is 638 g/mol. The van der Waals surface area contributed by atoms with E-state index >= 15 is 0 Å². The highest BCUT2D eigenvalue weighted by Crippen LogP contribution is 2.49. The molecule has 50 heavy (non-hydrogen) atoms. The van der Waals surface area contributed by atoms with Gasteiger partial charge in [0.1, 0.15) is 6.17 Å². The minimum Gasteiger partial charge on any atom is -0.373 e. The van der Waals surface area contributed by atoms with Crippen LogP contribution in [-0.4, -0.2) is 8.97 Å². The molecule has 0 saturated carbocycles. The molecule has 2 atom stereocenters. The van der Waals surface area contributed by atoms with E-state index in [-0.39, 0.29) is 12.2 Å². The molecular weight excluding hydrogens is 609 g/mol. The first-order valence-electron chi connectivity index (χ1n) is 17.5. The van der Waals surface area contributed by atoms with Gasteiger partial charge in [-0.1, -0.05) is 127 Å². The van der Waals surface area contributed by atoms with E-state index in [0.29, 0.717) is 0 Å². The maximum Gasteiger partial charge on any atom is 0.129 e. The Morgan fingerprint density at radius 1 is 0.360 bits per heavy atom. The summed E-state index contributed by atoms with van der Waals surface area (Å²) >= 11 is 0. The third-order valence-electron chi connectivity index (χ3n) is 11.3. The number of rotatable bonds is 2. The van der Waals surface area contributed by atoms with Crippen LogP contribution in [0.1, 0.15) is 17.8 Å². The quantitative estimate of drug-likeness (QED) is 0.185. The Morgan fingerprint density at radius 3 is 1.70 bits per heavy atom. The van der Waals surface area contributed by atoms with E-state index in [0.717, 1.165) is 11.4 Å². The number of nitrogens with one attached hydrogen (secondary N) is 2. The van der Waals surface area contributed by atoms with Crippen molar-refractivity contribution in [1.82, 2.24) is 8.97 Å². The molecule has 8 aromatic carbocycles. The van der Waals surface area contributed by atoms with Crippen molar-refractivity contribution in [3.05, 3.63) is 163 Å². The molecule has 4 nitrogen and oxygen atoms in total. The summed E-state index contributed by atoms with van der Waals surface area (Å²) in [4.78, 5) is 0. The summed E-state index contributed by atoms with van der Waals surface area (Å²) < 4.78 is 5.15. The average Bonchev–Trinajstić information content (AvgIpc) is 3.68. The molecule has 0 radical (unpaired) electrons. The van der Waals surface area contributed by atoms with Gasteiger partial charge in [0, 0.05) is 32.3 Å². The third-order valence-corrected chi connectivity index (χ3v) is 11.3. The average molecular weight is 639 g/mol. The van der Waals surface area contributed by atoms with Gasteiger partial charge >= 0.3 is 0 Å². The van der Waals surface area contributed by atoms with Crippen LogP contribution in [0.3, 0.4) is 0 Å². The number of anilines is 2. The Morgan fingerprint density at radius 2 is 0.880 bits per heavy atom. The molecule has 234 valence electrons. The first kappa shape index (κ1) is 26.4. The van der Waals surface area contributed by atoms with E-state index in [1.165, 1.54) is 87.0 Å². The molecule has 1 aliphatic rings. The zero-order chi connectivity index (χ0) is 32.5. The van der Waals surface area contributed by atoms with Crippen LogP contribution in [0.25, 0.3) is 81.4 Å². The normalized spacial score (nSPS) is 16.3. The van der Waals surface area contributed by atoms with Crippen molar-refractivity contribution < 1.29 is 0 Å². The minimum atomic E-state index is -0.0846. The summed E-state index contributed by atoms with van der Waals surface area (Å²) in [5.74, 6) is 0. The summed E-state index contributed by atoms with van der Waals surface area (Å²) in [6, 6.07) is 58.0. The second kappa shape index (κ2) is 9.55. The maximum atomic E-state index is 4.01. The summed E-state index contributed by atoms with van der Waals surface area (Å²) in [5.41, 5.74) is 9.71. The third kappa shape index (κ3) is 3.26. The molecule has 2 N–H and O–H groups in total. The van der Waals surface area contributed by atoms with Gasteiger partial charge in [-0.3, -0.25) is 0 Å². The van der Waals surface area contributed by atoms with E-state index in [4.69, 9.17) is 0 Å². The fraction of sp³-hybridized carbons (Fsp3) is 0.0435. The van der Waals surface area contributed by atoms with Gasteiger partial charge in [-0.25, -0.2) is 0 Å². The van der Waals surface area contributed by atoms with E-state index in [1.807, 2.05) is 0 Å². The highest BCUT2D eigenvalue weighted by Gasteiger charge is 2.33. The molecule has 0 fully saturated rings. The van der Waals surface area contributed by atoms with Crippen molar-refractivity contribution in [2.24, 2.45) is 0 Å². The van der Waals surface area contributed by atoms with E-state index in [2.05, 4.69) is 177 Å². The van der Waals surface area contributed by atoms with E-state index in [1.54, 1.807) is 0 Å². The second-order valence-corrected chi connectivity index (χ2v) is 13.8. The fourth-order valence-electron chi connectivity index (χ4n) is 9.38. The molecular formula is C46H30N4. The molecule has 0 bridgehead atoms. The lowest BCUT2D eigenvalue weighted by Crippen LogP contribution is -2.34. The Balaban J connectivity index is 1.30. The van der Waals surface area contributed by atoms with Gasteiger partial charge in [-0.05, 0) is 57.4 Å². The van der Waals surface area contributed by atoms with Gasteiger partial charge in [-0.2, -0.15) is 0 Å². The van der Waals surface area contributed by atoms with Crippen molar-refractivity contribution in [2.75, 3.05) is 10.6 Å². The zero-order valence-corrected chi connectivity index (χ0v) is 27.1. The van der Waals surface area contributed by atoms with Gasteiger partial charge in [-0.15, -0.1) is 0 Å². The maximum absolute atomic E-state index is 4.01. The molecule has 12 rings (SSSR count). The molecule has 0 amide bonds. The molecule has 3 aromatic heterocycles. The van der Waals surface area contributed by atoms with Crippen LogP contribution in [0.4, 0.5) is 11.4 Å². The van der Waals surface area contributed by atoms with E-state index in [9.17, 15) is 0 Å².